The van der Waals surface area contributed by atoms with Crippen LogP contribution in [0.3, 0.4) is 0 Å². The minimum absolute atomic E-state index is 0.0599. The molecule has 0 saturated carbocycles. The van der Waals surface area contributed by atoms with Gasteiger partial charge in [0.25, 0.3) is 0 Å². The lowest BCUT2D eigenvalue weighted by Gasteiger charge is -2.31. The highest BCUT2D eigenvalue weighted by Crippen LogP contribution is 2.28. The van der Waals surface area contributed by atoms with Crippen LogP contribution in [0, 0.1) is 0 Å². The van der Waals surface area contributed by atoms with Gasteiger partial charge in [-0.3, -0.25) is 13.9 Å². The summed E-state index contributed by atoms with van der Waals surface area (Å²) < 4.78 is 26.5. The summed E-state index contributed by atoms with van der Waals surface area (Å²) in [5.41, 5.74) is 0.988. The quantitative estimate of drug-likeness (QED) is 0.538. The molecule has 0 aliphatic carbocycles. The Labute approximate surface area is 196 Å². The van der Waals surface area contributed by atoms with Crippen LogP contribution in [0.25, 0.3) is 0 Å². The minimum Gasteiger partial charge on any atom is -0.355 e. The maximum Gasteiger partial charge on any atom is 0.244 e. The normalized spacial score (nSPS) is 12.2. The van der Waals surface area contributed by atoms with Crippen LogP contribution < -0.4 is 9.62 Å². The molecule has 1 unspecified atom stereocenters. The lowest BCUT2D eigenvalue weighted by Crippen LogP contribution is -2.51. The molecular formula is C21H25BrClN3O4S. The average Bonchev–Trinajstić information content (AvgIpc) is 2.71. The summed E-state index contributed by atoms with van der Waals surface area (Å²) in [5.74, 6) is -0.866. The van der Waals surface area contributed by atoms with Crippen molar-refractivity contribution in [3.63, 3.8) is 0 Å². The maximum atomic E-state index is 13.3. The van der Waals surface area contributed by atoms with Gasteiger partial charge < -0.3 is 10.2 Å². The second-order valence-electron chi connectivity index (χ2n) is 6.90. The summed E-state index contributed by atoms with van der Waals surface area (Å²) >= 11 is 9.60. The lowest BCUT2D eigenvalue weighted by molar-refractivity contribution is -0.139. The number of amides is 2. The van der Waals surface area contributed by atoms with Gasteiger partial charge in [0.05, 0.1) is 11.9 Å². The molecule has 2 amide bonds. The molecule has 0 spiro atoms. The molecule has 0 aromatic heterocycles. The van der Waals surface area contributed by atoms with Gasteiger partial charge in [-0.15, -0.1) is 0 Å². The number of halogens is 2. The SMILES string of the molecule is CCNC(=O)C(C)N(Cc1ccccc1Cl)C(=O)CN(c1ccccc1Br)S(C)(=O)=O. The molecule has 2 aromatic carbocycles. The van der Waals surface area contributed by atoms with Crippen molar-refractivity contribution < 1.29 is 18.0 Å². The molecule has 2 rings (SSSR count). The Balaban J connectivity index is 2.41. The van der Waals surface area contributed by atoms with E-state index in [0.717, 1.165) is 10.6 Å². The van der Waals surface area contributed by atoms with Gasteiger partial charge >= 0.3 is 0 Å². The zero-order chi connectivity index (χ0) is 23.2. The van der Waals surface area contributed by atoms with Crippen molar-refractivity contribution in [2.24, 2.45) is 0 Å². The fourth-order valence-electron chi connectivity index (χ4n) is 2.96. The van der Waals surface area contributed by atoms with E-state index in [4.69, 9.17) is 11.6 Å². The van der Waals surface area contributed by atoms with Crippen LogP contribution in [0.2, 0.25) is 5.02 Å². The fourth-order valence-corrected chi connectivity index (χ4v) is 4.64. The van der Waals surface area contributed by atoms with E-state index in [1.165, 1.54) is 4.90 Å². The monoisotopic (exact) mass is 529 g/mol. The number of carbonyl (C=O) groups excluding carboxylic acids is 2. The summed E-state index contributed by atoms with van der Waals surface area (Å²) in [6.45, 7) is 3.38. The van der Waals surface area contributed by atoms with Crippen molar-refractivity contribution in [1.82, 2.24) is 10.2 Å². The van der Waals surface area contributed by atoms with Crippen LogP contribution in [-0.4, -0.2) is 50.5 Å². The van der Waals surface area contributed by atoms with Gasteiger partial charge in [0.15, 0.2) is 0 Å². The van der Waals surface area contributed by atoms with E-state index in [9.17, 15) is 18.0 Å². The van der Waals surface area contributed by atoms with E-state index < -0.39 is 28.5 Å². The molecule has 2 aromatic rings. The Hall–Kier alpha value is -2.10. The van der Waals surface area contributed by atoms with E-state index in [0.29, 0.717) is 27.3 Å². The van der Waals surface area contributed by atoms with Crippen LogP contribution >= 0.6 is 27.5 Å². The molecule has 1 atom stereocenters. The zero-order valence-corrected chi connectivity index (χ0v) is 20.7. The number of nitrogens with zero attached hydrogens (tertiary/aromatic N) is 2. The molecule has 0 heterocycles. The number of para-hydroxylation sites is 1. The lowest BCUT2D eigenvalue weighted by atomic mass is 10.1. The van der Waals surface area contributed by atoms with Gasteiger partial charge in [-0.05, 0) is 53.5 Å². The molecule has 0 fully saturated rings. The van der Waals surface area contributed by atoms with Crippen LogP contribution in [0.5, 0.6) is 0 Å². The predicted molar refractivity (Wildman–Crippen MR) is 126 cm³/mol. The molecule has 168 valence electrons. The topological polar surface area (TPSA) is 86.8 Å². The summed E-state index contributed by atoms with van der Waals surface area (Å²) in [7, 11) is -3.78. The summed E-state index contributed by atoms with van der Waals surface area (Å²) in [6.07, 6.45) is 1.03. The highest BCUT2D eigenvalue weighted by molar-refractivity contribution is 9.10. The molecule has 1 N–H and O–H groups in total. The standard InChI is InChI=1S/C21H25BrClN3O4S/c1-4-24-21(28)15(2)25(13-16-9-5-7-11-18(16)23)20(27)14-26(31(3,29)30)19-12-8-6-10-17(19)22/h5-12,15H,4,13-14H2,1-3H3,(H,24,28). The number of carbonyl (C=O) groups is 2. The maximum absolute atomic E-state index is 13.3. The third-order valence-electron chi connectivity index (χ3n) is 4.62. The Morgan fingerprint density at radius 1 is 1.13 bits per heavy atom. The van der Waals surface area contributed by atoms with Gasteiger partial charge in [-0.2, -0.15) is 0 Å². The Morgan fingerprint density at radius 2 is 1.74 bits per heavy atom. The largest absolute Gasteiger partial charge is 0.355 e. The highest BCUT2D eigenvalue weighted by atomic mass is 79.9. The first-order valence-electron chi connectivity index (χ1n) is 9.59. The molecule has 0 aliphatic rings. The summed E-state index contributed by atoms with van der Waals surface area (Å²) in [4.78, 5) is 27.2. The summed E-state index contributed by atoms with van der Waals surface area (Å²) in [6, 6.07) is 12.9. The van der Waals surface area contributed by atoms with Gasteiger partial charge in [-0.1, -0.05) is 41.9 Å². The molecule has 0 radical (unpaired) electrons. The van der Waals surface area contributed by atoms with Crippen molar-refractivity contribution in [3.05, 3.63) is 63.6 Å². The molecule has 10 heteroatoms. The van der Waals surface area contributed by atoms with E-state index >= 15 is 0 Å². The van der Waals surface area contributed by atoms with Crippen LogP contribution in [-0.2, 0) is 26.2 Å². The molecule has 0 bridgehead atoms. The Bertz CT molecular complexity index is 1050. The number of anilines is 1. The van der Waals surface area contributed by atoms with E-state index in [1.54, 1.807) is 62.4 Å². The summed E-state index contributed by atoms with van der Waals surface area (Å²) in [5, 5.41) is 3.15. The van der Waals surface area contributed by atoms with E-state index in [-0.39, 0.29) is 12.5 Å². The third kappa shape index (κ3) is 6.69. The first kappa shape index (κ1) is 25.2. The number of likely N-dealkylation sites (N-methyl/N-ethyl adjacent to an activating group) is 1. The molecule has 31 heavy (non-hydrogen) atoms. The zero-order valence-electron chi connectivity index (χ0n) is 17.5. The number of rotatable bonds is 9. The second-order valence-corrected chi connectivity index (χ2v) is 10.1. The van der Waals surface area contributed by atoms with E-state index in [1.807, 2.05) is 0 Å². The number of nitrogens with one attached hydrogen (secondary N) is 1. The van der Waals surface area contributed by atoms with Gasteiger partial charge in [0.1, 0.15) is 12.6 Å². The van der Waals surface area contributed by atoms with E-state index in [2.05, 4.69) is 21.2 Å². The van der Waals surface area contributed by atoms with Crippen LogP contribution in [0.4, 0.5) is 5.69 Å². The number of hydrogen-bond donors (Lipinski definition) is 1. The number of benzene rings is 2. The van der Waals surface area contributed by atoms with Crippen LogP contribution in [0.1, 0.15) is 19.4 Å². The fraction of sp³-hybridized carbons (Fsp3) is 0.333. The molecular weight excluding hydrogens is 506 g/mol. The Morgan fingerprint density at radius 3 is 2.32 bits per heavy atom. The third-order valence-corrected chi connectivity index (χ3v) is 6.78. The smallest absolute Gasteiger partial charge is 0.244 e. The van der Waals surface area contributed by atoms with Crippen molar-refractivity contribution in [2.75, 3.05) is 23.7 Å². The molecule has 0 saturated heterocycles. The number of hydrogen-bond acceptors (Lipinski definition) is 4. The van der Waals surface area contributed by atoms with Gasteiger partial charge in [0, 0.05) is 22.6 Å². The molecule has 7 nitrogen and oxygen atoms in total. The van der Waals surface area contributed by atoms with Crippen molar-refractivity contribution in [3.8, 4) is 0 Å². The minimum atomic E-state index is -3.78. The Kier molecular flexibility index (Phi) is 8.90. The predicted octanol–water partition coefficient (Wildman–Crippen LogP) is 3.42. The van der Waals surface area contributed by atoms with Crippen LogP contribution in [0.15, 0.2) is 53.0 Å². The molecule has 0 aliphatic heterocycles. The van der Waals surface area contributed by atoms with Crippen molar-refractivity contribution in [2.45, 2.75) is 26.4 Å². The van der Waals surface area contributed by atoms with Gasteiger partial charge in [-0.25, -0.2) is 8.42 Å². The number of sulfonamides is 1. The second kappa shape index (κ2) is 11.0. The first-order valence-corrected chi connectivity index (χ1v) is 12.6. The average molecular weight is 531 g/mol. The van der Waals surface area contributed by atoms with Gasteiger partial charge in [0.2, 0.25) is 21.8 Å². The van der Waals surface area contributed by atoms with Crippen molar-refractivity contribution in [1.29, 1.82) is 0 Å². The highest BCUT2D eigenvalue weighted by Gasteiger charge is 2.30. The van der Waals surface area contributed by atoms with Crippen molar-refractivity contribution >= 4 is 55.1 Å². The first-order chi connectivity index (χ1) is 14.6.